The number of carbonyl (C=O) groups is 2. The van der Waals surface area contributed by atoms with E-state index >= 15 is 0 Å². The minimum atomic E-state index is -2.57. The number of aromatic nitrogens is 1. The van der Waals surface area contributed by atoms with Gasteiger partial charge >= 0.3 is 0 Å². The fourth-order valence-corrected chi connectivity index (χ4v) is 7.08. The summed E-state index contributed by atoms with van der Waals surface area (Å²) in [6.45, 7) is 7.91. The van der Waals surface area contributed by atoms with Gasteiger partial charge in [0.25, 0.3) is 11.8 Å². The van der Waals surface area contributed by atoms with E-state index in [1.54, 1.807) is 12.3 Å². The van der Waals surface area contributed by atoms with E-state index in [-0.39, 0.29) is 36.9 Å². The SMILES string of the molecule is CCCC(=O)C=Cc1sc(C(=O)NC(C)c2ccc(OC3CCCC(Cc4ccc(OCC5CC5(F)F)cn4)C3)cc2)c(C)c1C. The largest absolute Gasteiger partial charge is 0.491 e. The molecule has 2 aliphatic carbocycles. The number of carbonyl (C=O) groups excluding carboxylic acids is 2. The number of nitrogens with zero attached hydrogens (tertiary/aromatic N) is 1. The number of thiophene rings is 1. The normalized spacial score (nSPS) is 21.1. The first-order valence-electron chi connectivity index (χ1n) is 16.4. The zero-order chi connectivity index (χ0) is 32.8. The van der Waals surface area contributed by atoms with Gasteiger partial charge < -0.3 is 14.8 Å². The minimum absolute atomic E-state index is 0.0294. The van der Waals surface area contributed by atoms with Crippen molar-refractivity contribution in [2.24, 2.45) is 11.8 Å². The topological polar surface area (TPSA) is 77.5 Å². The maximum Gasteiger partial charge on any atom is 0.262 e. The van der Waals surface area contributed by atoms with Crippen LogP contribution in [0.2, 0.25) is 0 Å². The quantitative estimate of drug-likeness (QED) is 0.176. The van der Waals surface area contributed by atoms with E-state index in [0.717, 1.165) is 71.5 Å². The summed E-state index contributed by atoms with van der Waals surface area (Å²) in [6.07, 6.45) is 11.4. The number of alkyl halides is 2. The van der Waals surface area contributed by atoms with Crippen molar-refractivity contribution in [3.05, 3.63) is 80.8 Å². The predicted molar refractivity (Wildman–Crippen MR) is 178 cm³/mol. The third-order valence-corrected chi connectivity index (χ3v) is 10.4. The summed E-state index contributed by atoms with van der Waals surface area (Å²) >= 11 is 1.42. The number of rotatable bonds is 14. The van der Waals surface area contributed by atoms with E-state index < -0.39 is 11.8 Å². The molecular formula is C37H44F2N2O4S. The van der Waals surface area contributed by atoms with Gasteiger partial charge in [-0.15, -0.1) is 11.3 Å². The third kappa shape index (κ3) is 8.81. The Labute approximate surface area is 274 Å². The molecule has 2 aromatic heterocycles. The summed E-state index contributed by atoms with van der Waals surface area (Å²) in [5, 5.41) is 3.13. The summed E-state index contributed by atoms with van der Waals surface area (Å²) in [5.74, 6) is -1.48. The first-order valence-corrected chi connectivity index (χ1v) is 17.2. The van der Waals surface area contributed by atoms with Crippen LogP contribution in [0.4, 0.5) is 8.78 Å². The van der Waals surface area contributed by atoms with Gasteiger partial charge in [0.2, 0.25) is 0 Å². The molecule has 1 aromatic carbocycles. The van der Waals surface area contributed by atoms with E-state index in [1.807, 2.05) is 70.2 Å². The number of halogens is 2. The average molecular weight is 651 g/mol. The summed E-state index contributed by atoms with van der Waals surface area (Å²) in [7, 11) is 0. The van der Waals surface area contributed by atoms with Crippen LogP contribution in [0.5, 0.6) is 11.5 Å². The molecule has 4 atom stereocenters. The lowest BCUT2D eigenvalue weighted by Gasteiger charge is -2.29. The first-order chi connectivity index (χ1) is 22.0. The van der Waals surface area contributed by atoms with Crippen LogP contribution in [0.1, 0.15) is 102 Å². The summed E-state index contributed by atoms with van der Waals surface area (Å²) in [4.78, 5) is 31.2. The fourth-order valence-electron chi connectivity index (χ4n) is 5.96. The Morgan fingerprint density at radius 1 is 1.11 bits per heavy atom. The van der Waals surface area contributed by atoms with E-state index in [1.165, 1.54) is 11.3 Å². The number of pyridine rings is 1. The fraction of sp³-hybridized carbons (Fsp3) is 0.486. The van der Waals surface area contributed by atoms with E-state index in [4.69, 9.17) is 9.47 Å². The number of benzene rings is 1. The molecule has 1 amide bonds. The molecule has 246 valence electrons. The maximum atomic E-state index is 13.2. The van der Waals surface area contributed by atoms with Crippen molar-refractivity contribution in [3.63, 3.8) is 0 Å². The van der Waals surface area contributed by atoms with Crippen LogP contribution in [-0.2, 0) is 11.2 Å². The van der Waals surface area contributed by atoms with Crippen molar-refractivity contribution in [1.82, 2.24) is 10.3 Å². The highest BCUT2D eigenvalue weighted by Crippen LogP contribution is 2.48. The van der Waals surface area contributed by atoms with Gasteiger partial charge in [0.1, 0.15) is 11.5 Å². The molecule has 2 fully saturated rings. The number of nitrogens with one attached hydrogen (secondary N) is 1. The van der Waals surface area contributed by atoms with Crippen molar-refractivity contribution < 1.29 is 27.8 Å². The molecule has 2 saturated carbocycles. The van der Waals surface area contributed by atoms with Crippen molar-refractivity contribution in [2.45, 2.75) is 97.1 Å². The smallest absolute Gasteiger partial charge is 0.262 e. The van der Waals surface area contributed by atoms with Gasteiger partial charge in [0.05, 0.1) is 35.7 Å². The second-order valence-corrected chi connectivity index (χ2v) is 13.8. The third-order valence-electron chi connectivity index (χ3n) is 9.08. The summed E-state index contributed by atoms with van der Waals surface area (Å²) in [6, 6.07) is 11.5. The molecule has 1 N–H and O–H groups in total. The van der Waals surface area contributed by atoms with Crippen LogP contribution in [-0.4, -0.2) is 35.3 Å². The van der Waals surface area contributed by atoms with Crippen LogP contribution in [0.15, 0.2) is 48.7 Å². The summed E-state index contributed by atoms with van der Waals surface area (Å²) in [5.41, 5.74) is 3.92. The summed E-state index contributed by atoms with van der Waals surface area (Å²) < 4.78 is 38.0. The van der Waals surface area contributed by atoms with Crippen LogP contribution < -0.4 is 14.8 Å². The second-order valence-electron chi connectivity index (χ2n) is 12.8. The Hall–Kier alpha value is -3.59. The monoisotopic (exact) mass is 650 g/mol. The molecule has 4 unspecified atom stereocenters. The molecular weight excluding hydrogens is 606 g/mol. The average Bonchev–Trinajstić information content (AvgIpc) is 3.55. The molecule has 6 nitrogen and oxygen atoms in total. The van der Waals surface area contributed by atoms with E-state index in [2.05, 4.69) is 10.3 Å². The number of hydrogen-bond acceptors (Lipinski definition) is 6. The number of hydrogen-bond donors (Lipinski definition) is 1. The van der Waals surface area contributed by atoms with Gasteiger partial charge in [0, 0.05) is 23.4 Å². The number of ketones is 1. The molecule has 2 heterocycles. The molecule has 2 aliphatic rings. The minimum Gasteiger partial charge on any atom is -0.491 e. The van der Waals surface area contributed by atoms with Crippen LogP contribution in [0.3, 0.4) is 0 Å². The van der Waals surface area contributed by atoms with Crippen LogP contribution in [0.25, 0.3) is 6.08 Å². The molecule has 9 heteroatoms. The highest BCUT2D eigenvalue weighted by Gasteiger charge is 2.57. The number of ether oxygens (including phenoxy) is 2. The van der Waals surface area contributed by atoms with Gasteiger partial charge in [-0.25, -0.2) is 8.78 Å². The van der Waals surface area contributed by atoms with E-state index in [9.17, 15) is 18.4 Å². The molecule has 0 spiro atoms. The Morgan fingerprint density at radius 2 is 1.85 bits per heavy atom. The van der Waals surface area contributed by atoms with Crippen molar-refractivity contribution >= 4 is 29.1 Å². The lowest BCUT2D eigenvalue weighted by Crippen LogP contribution is -2.27. The standard InChI is InChI=1S/C37H44F2N2O4S/c1-5-7-30(42)13-17-34-23(2)24(3)35(46-34)36(43)41-25(4)27-10-14-31(15-11-27)45-32-9-6-8-26(19-32)18-29-12-16-33(21-40-29)44-22-28-20-37(28,38)39/h10-17,21,25-26,28,32H,5-9,18-20,22H2,1-4H3,(H,41,43). The Kier molecular flexibility index (Phi) is 10.9. The second kappa shape index (κ2) is 14.9. The van der Waals surface area contributed by atoms with Crippen molar-refractivity contribution in [2.75, 3.05) is 6.61 Å². The molecule has 0 saturated heterocycles. The van der Waals surface area contributed by atoms with Crippen LogP contribution in [0, 0.1) is 25.7 Å². The Morgan fingerprint density at radius 3 is 2.52 bits per heavy atom. The zero-order valence-electron chi connectivity index (χ0n) is 27.1. The lowest BCUT2D eigenvalue weighted by atomic mass is 9.84. The highest BCUT2D eigenvalue weighted by atomic mass is 32.1. The molecule has 46 heavy (non-hydrogen) atoms. The molecule has 5 rings (SSSR count). The van der Waals surface area contributed by atoms with Gasteiger partial charge in [-0.3, -0.25) is 14.6 Å². The lowest BCUT2D eigenvalue weighted by molar-refractivity contribution is -0.114. The molecule has 3 aromatic rings. The maximum absolute atomic E-state index is 13.2. The van der Waals surface area contributed by atoms with Gasteiger partial charge in [0.15, 0.2) is 5.78 Å². The van der Waals surface area contributed by atoms with Crippen molar-refractivity contribution in [1.29, 1.82) is 0 Å². The van der Waals surface area contributed by atoms with Gasteiger partial charge in [-0.1, -0.05) is 19.1 Å². The highest BCUT2D eigenvalue weighted by molar-refractivity contribution is 7.15. The first kappa shape index (κ1) is 33.8. The van der Waals surface area contributed by atoms with Crippen LogP contribution >= 0.6 is 11.3 Å². The van der Waals surface area contributed by atoms with Gasteiger partial charge in [-0.2, -0.15) is 0 Å². The predicted octanol–water partition coefficient (Wildman–Crippen LogP) is 8.85. The number of amides is 1. The molecule has 0 bridgehead atoms. The number of allylic oxidation sites excluding steroid dienone is 1. The molecule has 0 aliphatic heterocycles. The zero-order valence-corrected chi connectivity index (χ0v) is 27.9. The molecule has 0 radical (unpaired) electrons. The van der Waals surface area contributed by atoms with E-state index in [0.29, 0.717) is 23.0 Å². The van der Waals surface area contributed by atoms with Gasteiger partial charge in [-0.05, 0) is 118 Å². The Balaban J connectivity index is 1.09. The van der Waals surface area contributed by atoms with Crippen molar-refractivity contribution in [3.8, 4) is 11.5 Å². The Bertz CT molecular complexity index is 1530.